The van der Waals surface area contributed by atoms with Gasteiger partial charge in [-0.25, -0.2) is 4.79 Å². The number of carboxylic acid groups (broad SMARTS) is 1. The Morgan fingerprint density at radius 3 is 2.67 bits per heavy atom. The molecule has 0 aliphatic rings. The molecule has 3 nitrogen and oxygen atoms in total. The average Bonchev–Trinajstić information content (AvgIpc) is 2.76. The molecule has 1 N–H and O–H groups in total. The second kappa shape index (κ2) is 4.86. The van der Waals surface area contributed by atoms with Gasteiger partial charge in [-0.3, -0.25) is 0 Å². The van der Waals surface area contributed by atoms with Crippen molar-refractivity contribution >= 4 is 17.6 Å². The molecule has 0 fully saturated rings. The summed E-state index contributed by atoms with van der Waals surface area (Å²) < 4.78 is 1.87. The molecule has 0 unspecified atom stereocenters. The van der Waals surface area contributed by atoms with Crippen LogP contribution in [-0.2, 0) is 6.42 Å². The standard InChI is InChI=1S/C14H14ClNO2/c1-3-13-11(14(17)18)6-7-16(13)10-5-4-9(2)12(15)8-10/h4-8H,3H2,1-2H3,(H,17,18). The predicted octanol–water partition coefficient (Wildman–Crippen LogP) is 3.70. The van der Waals surface area contributed by atoms with Gasteiger partial charge < -0.3 is 9.67 Å². The quantitative estimate of drug-likeness (QED) is 0.917. The van der Waals surface area contributed by atoms with Crippen molar-refractivity contribution in [1.82, 2.24) is 4.57 Å². The summed E-state index contributed by atoms with van der Waals surface area (Å²) in [6.45, 7) is 3.87. The van der Waals surface area contributed by atoms with Gasteiger partial charge in [0.2, 0.25) is 0 Å². The number of aryl methyl sites for hydroxylation is 1. The second-order valence-corrected chi connectivity index (χ2v) is 4.55. The SMILES string of the molecule is CCc1c(C(=O)O)ccn1-c1ccc(C)c(Cl)c1. The van der Waals surface area contributed by atoms with Crippen LogP contribution in [0, 0.1) is 6.92 Å². The molecule has 4 heteroatoms. The van der Waals surface area contributed by atoms with E-state index >= 15 is 0 Å². The predicted molar refractivity (Wildman–Crippen MR) is 71.9 cm³/mol. The summed E-state index contributed by atoms with van der Waals surface area (Å²) in [6, 6.07) is 7.33. The van der Waals surface area contributed by atoms with E-state index in [0.29, 0.717) is 17.0 Å². The number of hydrogen-bond acceptors (Lipinski definition) is 1. The lowest BCUT2D eigenvalue weighted by molar-refractivity contribution is 0.0696. The fourth-order valence-electron chi connectivity index (χ4n) is 1.99. The number of halogens is 1. The molecule has 0 bridgehead atoms. The molecule has 0 atom stereocenters. The van der Waals surface area contributed by atoms with Crippen molar-refractivity contribution in [2.45, 2.75) is 20.3 Å². The van der Waals surface area contributed by atoms with Crippen LogP contribution in [-0.4, -0.2) is 15.6 Å². The molecule has 0 amide bonds. The first-order valence-electron chi connectivity index (χ1n) is 5.74. The van der Waals surface area contributed by atoms with Crippen LogP contribution in [0.15, 0.2) is 30.5 Å². The number of carbonyl (C=O) groups is 1. The van der Waals surface area contributed by atoms with Crippen LogP contribution in [0.5, 0.6) is 0 Å². The largest absolute Gasteiger partial charge is 0.478 e. The topological polar surface area (TPSA) is 42.2 Å². The zero-order chi connectivity index (χ0) is 13.3. The molecule has 0 saturated heterocycles. The van der Waals surface area contributed by atoms with Crippen LogP contribution in [0.3, 0.4) is 0 Å². The van der Waals surface area contributed by atoms with Crippen LogP contribution < -0.4 is 0 Å². The molecule has 94 valence electrons. The van der Waals surface area contributed by atoms with E-state index in [2.05, 4.69) is 0 Å². The Kier molecular flexibility index (Phi) is 3.43. The molecule has 1 aromatic heterocycles. The maximum absolute atomic E-state index is 11.1. The van der Waals surface area contributed by atoms with Gasteiger partial charge in [0.15, 0.2) is 0 Å². The van der Waals surface area contributed by atoms with Crippen LogP contribution in [0.25, 0.3) is 5.69 Å². The fraction of sp³-hybridized carbons (Fsp3) is 0.214. The Morgan fingerprint density at radius 2 is 2.11 bits per heavy atom. The van der Waals surface area contributed by atoms with Crippen molar-refractivity contribution < 1.29 is 9.90 Å². The molecule has 0 radical (unpaired) electrons. The minimum Gasteiger partial charge on any atom is -0.478 e. The Morgan fingerprint density at radius 1 is 1.39 bits per heavy atom. The molecule has 0 aliphatic heterocycles. The average molecular weight is 264 g/mol. The van der Waals surface area contributed by atoms with Gasteiger partial charge in [-0.05, 0) is 37.1 Å². The zero-order valence-corrected chi connectivity index (χ0v) is 11.0. The Hall–Kier alpha value is -1.74. The van der Waals surface area contributed by atoms with Crippen LogP contribution >= 0.6 is 11.6 Å². The first-order chi connectivity index (χ1) is 8.54. The zero-order valence-electron chi connectivity index (χ0n) is 10.3. The molecular weight excluding hydrogens is 250 g/mol. The van der Waals surface area contributed by atoms with E-state index in [1.807, 2.05) is 36.6 Å². The highest BCUT2D eigenvalue weighted by molar-refractivity contribution is 6.31. The van der Waals surface area contributed by atoms with Crippen molar-refractivity contribution in [3.63, 3.8) is 0 Å². The summed E-state index contributed by atoms with van der Waals surface area (Å²) in [6.07, 6.45) is 2.42. The lowest BCUT2D eigenvalue weighted by Gasteiger charge is -2.10. The Balaban J connectivity index is 2.57. The number of aromatic carboxylic acids is 1. The molecule has 0 spiro atoms. The first kappa shape index (κ1) is 12.7. The monoisotopic (exact) mass is 263 g/mol. The normalized spacial score (nSPS) is 10.6. The lowest BCUT2D eigenvalue weighted by Crippen LogP contribution is -2.04. The van der Waals surface area contributed by atoms with Gasteiger partial charge in [0.1, 0.15) is 0 Å². The van der Waals surface area contributed by atoms with Gasteiger partial charge in [-0.15, -0.1) is 0 Å². The van der Waals surface area contributed by atoms with Crippen molar-refractivity contribution in [2.75, 3.05) is 0 Å². The van der Waals surface area contributed by atoms with E-state index < -0.39 is 5.97 Å². The van der Waals surface area contributed by atoms with Gasteiger partial charge in [0.25, 0.3) is 0 Å². The number of aromatic nitrogens is 1. The highest BCUT2D eigenvalue weighted by Crippen LogP contribution is 2.23. The van der Waals surface area contributed by atoms with Gasteiger partial charge in [-0.1, -0.05) is 24.6 Å². The summed E-state index contributed by atoms with van der Waals surface area (Å²) >= 11 is 6.10. The maximum Gasteiger partial charge on any atom is 0.337 e. The summed E-state index contributed by atoms with van der Waals surface area (Å²) in [7, 11) is 0. The minimum absolute atomic E-state index is 0.342. The van der Waals surface area contributed by atoms with E-state index in [1.165, 1.54) is 0 Å². The smallest absolute Gasteiger partial charge is 0.337 e. The lowest BCUT2D eigenvalue weighted by atomic mass is 10.2. The summed E-state index contributed by atoms with van der Waals surface area (Å²) in [5.74, 6) is -0.899. The van der Waals surface area contributed by atoms with Gasteiger partial charge in [0, 0.05) is 22.6 Å². The van der Waals surface area contributed by atoms with E-state index in [-0.39, 0.29) is 0 Å². The molecule has 0 saturated carbocycles. The highest BCUT2D eigenvalue weighted by atomic mass is 35.5. The second-order valence-electron chi connectivity index (χ2n) is 4.14. The molecule has 18 heavy (non-hydrogen) atoms. The van der Waals surface area contributed by atoms with Gasteiger partial charge in [-0.2, -0.15) is 0 Å². The molecular formula is C14H14ClNO2. The third-order valence-electron chi connectivity index (χ3n) is 2.99. The number of hydrogen-bond donors (Lipinski definition) is 1. The number of nitrogens with zero attached hydrogens (tertiary/aromatic N) is 1. The molecule has 1 heterocycles. The van der Waals surface area contributed by atoms with Crippen molar-refractivity contribution in [3.8, 4) is 5.69 Å². The van der Waals surface area contributed by atoms with Gasteiger partial charge >= 0.3 is 5.97 Å². The first-order valence-corrected chi connectivity index (χ1v) is 6.12. The summed E-state index contributed by atoms with van der Waals surface area (Å²) in [5, 5.41) is 9.80. The van der Waals surface area contributed by atoms with Gasteiger partial charge in [0.05, 0.1) is 5.56 Å². The fourth-order valence-corrected chi connectivity index (χ4v) is 2.17. The maximum atomic E-state index is 11.1. The van der Waals surface area contributed by atoms with Crippen LogP contribution in [0.4, 0.5) is 0 Å². The minimum atomic E-state index is -0.899. The van der Waals surface area contributed by atoms with Crippen LogP contribution in [0.1, 0.15) is 28.5 Å². The van der Waals surface area contributed by atoms with E-state index in [1.54, 1.807) is 12.3 Å². The molecule has 0 aliphatic carbocycles. The molecule has 1 aromatic carbocycles. The molecule has 2 rings (SSSR count). The summed E-state index contributed by atoms with van der Waals surface area (Å²) in [4.78, 5) is 11.1. The van der Waals surface area contributed by atoms with Crippen molar-refractivity contribution in [2.24, 2.45) is 0 Å². The van der Waals surface area contributed by atoms with E-state index in [9.17, 15) is 4.79 Å². The van der Waals surface area contributed by atoms with E-state index in [0.717, 1.165) is 16.9 Å². The van der Waals surface area contributed by atoms with E-state index in [4.69, 9.17) is 16.7 Å². The highest BCUT2D eigenvalue weighted by Gasteiger charge is 2.14. The number of benzene rings is 1. The molecule has 2 aromatic rings. The Bertz CT molecular complexity index is 602. The van der Waals surface area contributed by atoms with Crippen molar-refractivity contribution in [3.05, 3.63) is 52.3 Å². The number of carboxylic acids is 1. The van der Waals surface area contributed by atoms with Crippen LogP contribution in [0.2, 0.25) is 5.02 Å². The van der Waals surface area contributed by atoms with Crippen molar-refractivity contribution in [1.29, 1.82) is 0 Å². The summed E-state index contributed by atoms with van der Waals surface area (Å²) in [5.41, 5.74) is 3.01. The Labute approximate surface area is 111 Å². The number of rotatable bonds is 3. The third-order valence-corrected chi connectivity index (χ3v) is 3.40. The third kappa shape index (κ3) is 2.14.